The van der Waals surface area contributed by atoms with Gasteiger partial charge in [0.05, 0.1) is 12.2 Å². The van der Waals surface area contributed by atoms with Crippen molar-refractivity contribution in [1.82, 2.24) is 0 Å². The smallest absolute Gasteiger partial charge is 0.317 e. The van der Waals surface area contributed by atoms with Gasteiger partial charge in [-0.1, -0.05) is 0 Å². The highest BCUT2D eigenvalue weighted by molar-refractivity contribution is 5.91. The molecule has 0 saturated heterocycles. The molecule has 0 spiro atoms. The first kappa shape index (κ1) is 14.3. The zero-order valence-electron chi connectivity index (χ0n) is 10.8. The number of ether oxygens (including phenoxy) is 2. The summed E-state index contributed by atoms with van der Waals surface area (Å²) in [5.41, 5.74) is 0. The van der Waals surface area contributed by atoms with Crippen LogP contribution in [0.15, 0.2) is 0 Å². The first-order chi connectivity index (χ1) is 9.06. The van der Waals surface area contributed by atoms with E-state index >= 15 is 0 Å². The van der Waals surface area contributed by atoms with Crippen molar-refractivity contribution in [3.05, 3.63) is 0 Å². The quantitative estimate of drug-likeness (QED) is 0.564. The molecule has 4 atom stereocenters. The van der Waals surface area contributed by atoms with Crippen molar-refractivity contribution < 1.29 is 29.3 Å². The predicted octanol–water partition coefficient (Wildman–Crippen LogP) is 0.290. The highest BCUT2D eigenvalue weighted by Gasteiger charge is 2.31. The van der Waals surface area contributed by atoms with E-state index in [0.717, 1.165) is 12.8 Å². The van der Waals surface area contributed by atoms with Crippen LogP contribution in [0.25, 0.3) is 0 Å². The van der Waals surface area contributed by atoms with Crippen LogP contribution in [0.4, 0.5) is 0 Å². The monoisotopic (exact) mass is 272 g/mol. The van der Waals surface area contributed by atoms with Gasteiger partial charge >= 0.3 is 11.9 Å². The Bertz CT molecular complexity index is 310. The summed E-state index contributed by atoms with van der Waals surface area (Å²) in [6.45, 7) is 0. The number of carbonyl (C=O) groups is 2. The van der Waals surface area contributed by atoms with Crippen LogP contribution in [0.3, 0.4) is 0 Å². The van der Waals surface area contributed by atoms with Gasteiger partial charge in [0.25, 0.3) is 0 Å². The van der Waals surface area contributed by atoms with Crippen molar-refractivity contribution in [3.8, 4) is 0 Å². The lowest BCUT2D eigenvalue weighted by atomic mass is 10.2. The lowest BCUT2D eigenvalue weighted by Gasteiger charge is -2.17. The van der Waals surface area contributed by atoms with Crippen molar-refractivity contribution in [2.75, 3.05) is 0 Å². The van der Waals surface area contributed by atoms with Crippen LogP contribution < -0.4 is 0 Å². The van der Waals surface area contributed by atoms with Gasteiger partial charge in [0.2, 0.25) is 0 Å². The second kappa shape index (κ2) is 6.34. The Balaban J connectivity index is 1.71. The molecule has 0 amide bonds. The van der Waals surface area contributed by atoms with Crippen molar-refractivity contribution in [3.63, 3.8) is 0 Å². The molecule has 0 aliphatic heterocycles. The first-order valence-corrected chi connectivity index (χ1v) is 6.81. The molecule has 0 aromatic heterocycles. The molecule has 0 bridgehead atoms. The van der Waals surface area contributed by atoms with Crippen molar-refractivity contribution in [2.24, 2.45) is 0 Å². The van der Waals surface area contributed by atoms with Crippen LogP contribution in [-0.4, -0.2) is 46.6 Å². The van der Waals surface area contributed by atoms with E-state index in [1.165, 1.54) is 0 Å². The lowest BCUT2D eigenvalue weighted by Crippen LogP contribution is -2.30. The zero-order chi connectivity index (χ0) is 13.8. The van der Waals surface area contributed by atoms with Gasteiger partial charge in [0.15, 0.2) is 0 Å². The molecule has 19 heavy (non-hydrogen) atoms. The molecule has 0 heterocycles. The molecular weight excluding hydrogens is 252 g/mol. The minimum absolute atomic E-state index is 0.466. The largest absolute Gasteiger partial charge is 0.459 e. The highest BCUT2D eigenvalue weighted by Crippen LogP contribution is 2.24. The second-order valence-electron chi connectivity index (χ2n) is 5.23. The van der Waals surface area contributed by atoms with Gasteiger partial charge in [-0.05, 0) is 38.5 Å². The summed E-state index contributed by atoms with van der Waals surface area (Å²) >= 11 is 0. The fraction of sp³-hybridized carbons (Fsp3) is 0.846. The minimum Gasteiger partial charge on any atom is -0.459 e. The Morgan fingerprint density at radius 3 is 1.58 bits per heavy atom. The van der Waals surface area contributed by atoms with Crippen LogP contribution in [0, 0.1) is 0 Å². The molecule has 6 heteroatoms. The number of hydrogen-bond donors (Lipinski definition) is 2. The van der Waals surface area contributed by atoms with Gasteiger partial charge in [-0.25, -0.2) is 0 Å². The predicted molar refractivity (Wildman–Crippen MR) is 64.1 cm³/mol. The number of aliphatic hydroxyl groups is 2. The summed E-state index contributed by atoms with van der Waals surface area (Å²) in [4.78, 5) is 23.0. The van der Waals surface area contributed by atoms with Crippen LogP contribution in [-0.2, 0) is 19.1 Å². The van der Waals surface area contributed by atoms with E-state index in [2.05, 4.69) is 0 Å². The summed E-state index contributed by atoms with van der Waals surface area (Å²) in [7, 11) is 0. The van der Waals surface area contributed by atoms with E-state index in [0.29, 0.717) is 25.7 Å². The summed E-state index contributed by atoms with van der Waals surface area (Å²) < 4.78 is 10.1. The Morgan fingerprint density at radius 1 is 0.842 bits per heavy atom. The molecule has 2 saturated carbocycles. The van der Waals surface area contributed by atoms with E-state index in [4.69, 9.17) is 9.47 Å². The number of hydrogen-bond acceptors (Lipinski definition) is 6. The maximum atomic E-state index is 11.5. The van der Waals surface area contributed by atoms with Gasteiger partial charge in [0.1, 0.15) is 18.6 Å². The van der Waals surface area contributed by atoms with Crippen LogP contribution in [0.1, 0.15) is 44.9 Å². The van der Waals surface area contributed by atoms with Crippen molar-refractivity contribution >= 4 is 11.9 Å². The summed E-state index contributed by atoms with van der Waals surface area (Å²) in [5.74, 6) is -1.35. The Kier molecular flexibility index (Phi) is 4.76. The molecule has 0 aromatic rings. The third-order valence-corrected chi connectivity index (χ3v) is 3.69. The number of esters is 2. The SMILES string of the molecule is O=C(CC(=O)O[C@@H]1CCC[C@H]1O)O[C@H]1CCC[C@@H]1O. The number of aliphatic hydroxyl groups excluding tert-OH is 2. The van der Waals surface area contributed by atoms with Gasteiger partial charge < -0.3 is 19.7 Å². The van der Waals surface area contributed by atoms with Crippen LogP contribution >= 0.6 is 0 Å². The second-order valence-corrected chi connectivity index (χ2v) is 5.23. The normalized spacial score (nSPS) is 34.2. The maximum absolute atomic E-state index is 11.5. The Labute approximate surface area is 111 Å². The van der Waals surface area contributed by atoms with E-state index in [1.54, 1.807) is 0 Å². The first-order valence-electron chi connectivity index (χ1n) is 6.81. The van der Waals surface area contributed by atoms with Crippen LogP contribution in [0.5, 0.6) is 0 Å². The molecule has 2 aliphatic carbocycles. The molecule has 108 valence electrons. The van der Waals surface area contributed by atoms with Gasteiger partial charge in [0, 0.05) is 0 Å². The minimum atomic E-state index is -0.677. The topological polar surface area (TPSA) is 93.1 Å². The fourth-order valence-electron chi connectivity index (χ4n) is 2.63. The third-order valence-electron chi connectivity index (χ3n) is 3.69. The lowest BCUT2D eigenvalue weighted by molar-refractivity contribution is -0.164. The summed E-state index contributed by atoms with van der Waals surface area (Å²) in [6, 6.07) is 0. The van der Waals surface area contributed by atoms with E-state index < -0.39 is 42.8 Å². The van der Waals surface area contributed by atoms with Gasteiger partial charge in [-0.2, -0.15) is 0 Å². The molecule has 2 aliphatic rings. The molecule has 2 N–H and O–H groups in total. The molecule has 0 unspecified atom stereocenters. The van der Waals surface area contributed by atoms with E-state index in [-0.39, 0.29) is 0 Å². The maximum Gasteiger partial charge on any atom is 0.317 e. The molecule has 0 radical (unpaired) electrons. The van der Waals surface area contributed by atoms with Crippen molar-refractivity contribution in [2.45, 2.75) is 69.4 Å². The zero-order valence-corrected chi connectivity index (χ0v) is 10.8. The third kappa shape index (κ3) is 3.91. The molecular formula is C13H20O6. The van der Waals surface area contributed by atoms with E-state index in [1.807, 2.05) is 0 Å². The number of carbonyl (C=O) groups excluding carboxylic acids is 2. The molecule has 2 fully saturated rings. The average molecular weight is 272 g/mol. The van der Waals surface area contributed by atoms with Gasteiger partial charge in [-0.15, -0.1) is 0 Å². The van der Waals surface area contributed by atoms with Crippen molar-refractivity contribution in [1.29, 1.82) is 0 Å². The number of rotatable bonds is 4. The van der Waals surface area contributed by atoms with E-state index in [9.17, 15) is 19.8 Å². The summed E-state index contributed by atoms with van der Waals surface area (Å²) in [5, 5.41) is 19.0. The van der Waals surface area contributed by atoms with Crippen LogP contribution in [0.2, 0.25) is 0 Å². The molecule has 2 rings (SSSR count). The molecule has 0 aromatic carbocycles. The highest BCUT2D eigenvalue weighted by atomic mass is 16.6. The molecule has 6 nitrogen and oxygen atoms in total. The Hall–Kier alpha value is -1.14. The van der Waals surface area contributed by atoms with Gasteiger partial charge in [-0.3, -0.25) is 9.59 Å². The average Bonchev–Trinajstić information content (AvgIpc) is 2.90. The Morgan fingerprint density at radius 2 is 1.26 bits per heavy atom. The standard InChI is InChI=1S/C13H20O6/c14-8-3-1-5-10(8)18-12(16)7-13(17)19-11-6-2-4-9(11)15/h8-11,14-15H,1-7H2/t8-,9+,10-,11+. The summed E-state index contributed by atoms with van der Waals surface area (Å²) in [6.07, 6.45) is 1.41. The fourth-order valence-corrected chi connectivity index (χ4v) is 2.63.